The molecule has 1 aliphatic heterocycles. The SMILES string of the molecule is CCC1(C(=O)OC)COCCO1. The minimum absolute atomic E-state index is 0.302. The van der Waals surface area contributed by atoms with E-state index in [2.05, 4.69) is 4.74 Å². The summed E-state index contributed by atoms with van der Waals surface area (Å²) in [7, 11) is 1.36. The zero-order chi connectivity index (χ0) is 9.03. The Balaban J connectivity index is 2.66. The van der Waals surface area contributed by atoms with Gasteiger partial charge in [-0.15, -0.1) is 0 Å². The van der Waals surface area contributed by atoms with Gasteiger partial charge < -0.3 is 14.2 Å². The van der Waals surface area contributed by atoms with E-state index in [1.54, 1.807) is 0 Å². The first-order valence-corrected chi connectivity index (χ1v) is 4.05. The molecule has 1 aliphatic rings. The highest BCUT2D eigenvalue weighted by Crippen LogP contribution is 2.21. The monoisotopic (exact) mass is 174 g/mol. The highest BCUT2D eigenvalue weighted by Gasteiger charge is 2.41. The van der Waals surface area contributed by atoms with Crippen molar-refractivity contribution in [2.75, 3.05) is 26.9 Å². The van der Waals surface area contributed by atoms with Crippen molar-refractivity contribution < 1.29 is 19.0 Å². The summed E-state index contributed by atoms with van der Waals surface area (Å²) in [5, 5.41) is 0. The normalized spacial score (nSPS) is 29.8. The molecule has 0 radical (unpaired) electrons. The van der Waals surface area contributed by atoms with Crippen LogP contribution in [0.3, 0.4) is 0 Å². The second kappa shape index (κ2) is 3.87. The van der Waals surface area contributed by atoms with Gasteiger partial charge >= 0.3 is 5.97 Å². The molecule has 4 heteroatoms. The fourth-order valence-corrected chi connectivity index (χ4v) is 1.23. The molecule has 0 amide bonds. The Hall–Kier alpha value is -0.610. The van der Waals surface area contributed by atoms with Crippen LogP contribution in [0.15, 0.2) is 0 Å². The predicted octanol–water partition coefficient (Wildman–Crippen LogP) is 0.355. The van der Waals surface area contributed by atoms with E-state index in [0.29, 0.717) is 26.2 Å². The van der Waals surface area contributed by atoms with E-state index in [1.807, 2.05) is 6.92 Å². The van der Waals surface area contributed by atoms with E-state index in [4.69, 9.17) is 9.47 Å². The second-order valence-corrected chi connectivity index (χ2v) is 2.74. The molecule has 0 aromatic heterocycles. The van der Waals surface area contributed by atoms with Crippen LogP contribution in [0.4, 0.5) is 0 Å². The molecule has 0 aliphatic carbocycles. The number of hydrogen-bond donors (Lipinski definition) is 0. The van der Waals surface area contributed by atoms with Gasteiger partial charge in [-0.1, -0.05) is 6.92 Å². The average molecular weight is 174 g/mol. The van der Waals surface area contributed by atoms with Crippen LogP contribution in [-0.2, 0) is 19.0 Å². The maximum Gasteiger partial charge on any atom is 0.340 e. The third-order valence-electron chi connectivity index (χ3n) is 2.07. The number of hydrogen-bond acceptors (Lipinski definition) is 4. The van der Waals surface area contributed by atoms with Gasteiger partial charge in [0.05, 0.1) is 26.9 Å². The standard InChI is InChI=1S/C8H14O4/c1-3-8(7(9)10-2)6-11-4-5-12-8/h3-6H2,1-2H3. The van der Waals surface area contributed by atoms with Crippen LogP contribution in [0.25, 0.3) is 0 Å². The fraction of sp³-hybridized carbons (Fsp3) is 0.875. The van der Waals surface area contributed by atoms with Crippen molar-refractivity contribution in [1.29, 1.82) is 0 Å². The Labute approximate surface area is 71.8 Å². The molecule has 1 fully saturated rings. The highest BCUT2D eigenvalue weighted by atomic mass is 16.6. The minimum Gasteiger partial charge on any atom is -0.467 e. The number of esters is 1. The van der Waals surface area contributed by atoms with Crippen LogP contribution in [-0.4, -0.2) is 38.5 Å². The first-order valence-electron chi connectivity index (χ1n) is 4.05. The Morgan fingerprint density at radius 2 is 2.33 bits per heavy atom. The summed E-state index contributed by atoms with van der Waals surface area (Å²) in [6.45, 7) is 3.20. The molecule has 0 bridgehead atoms. The number of carbonyl (C=O) groups is 1. The van der Waals surface area contributed by atoms with Gasteiger partial charge in [0.2, 0.25) is 0 Å². The number of ether oxygens (including phenoxy) is 3. The molecule has 1 saturated heterocycles. The Morgan fingerprint density at radius 3 is 2.75 bits per heavy atom. The van der Waals surface area contributed by atoms with Crippen LogP contribution in [0.5, 0.6) is 0 Å². The van der Waals surface area contributed by atoms with Gasteiger partial charge in [0.1, 0.15) is 0 Å². The average Bonchev–Trinajstić information content (AvgIpc) is 2.17. The van der Waals surface area contributed by atoms with Crippen molar-refractivity contribution in [3.05, 3.63) is 0 Å². The number of rotatable bonds is 2. The zero-order valence-electron chi connectivity index (χ0n) is 7.46. The van der Waals surface area contributed by atoms with E-state index in [1.165, 1.54) is 7.11 Å². The molecule has 12 heavy (non-hydrogen) atoms. The zero-order valence-corrected chi connectivity index (χ0v) is 7.46. The lowest BCUT2D eigenvalue weighted by Crippen LogP contribution is -2.50. The van der Waals surface area contributed by atoms with Crippen molar-refractivity contribution in [2.45, 2.75) is 18.9 Å². The summed E-state index contributed by atoms with van der Waals surface area (Å²) in [6, 6.07) is 0. The molecule has 70 valence electrons. The molecule has 1 rings (SSSR count). The van der Waals surface area contributed by atoms with Gasteiger partial charge in [-0.25, -0.2) is 4.79 Å². The highest BCUT2D eigenvalue weighted by molar-refractivity contribution is 5.79. The molecule has 0 N–H and O–H groups in total. The van der Waals surface area contributed by atoms with Crippen molar-refractivity contribution in [1.82, 2.24) is 0 Å². The summed E-state index contributed by atoms with van der Waals surface area (Å²) >= 11 is 0. The third-order valence-corrected chi connectivity index (χ3v) is 2.07. The Bertz CT molecular complexity index is 160. The molecule has 4 nitrogen and oxygen atoms in total. The van der Waals surface area contributed by atoms with Crippen LogP contribution in [0.1, 0.15) is 13.3 Å². The van der Waals surface area contributed by atoms with E-state index in [0.717, 1.165) is 0 Å². The number of carbonyl (C=O) groups excluding carboxylic acids is 1. The van der Waals surface area contributed by atoms with Crippen molar-refractivity contribution >= 4 is 5.97 Å². The van der Waals surface area contributed by atoms with Gasteiger partial charge in [-0.3, -0.25) is 0 Å². The van der Waals surface area contributed by atoms with E-state index >= 15 is 0 Å². The lowest BCUT2D eigenvalue weighted by molar-refractivity contribution is -0.197. The molecule has 1 unspecified atom stereocenters. The van der Waals surface area contributed by atoms with Crippen LogP contribution < -0.4 is 0 Å². The van der Waals surface area contributed by atoms with Crippen LogP contribution in [0, 0.1) is 0 Å². The molecule has 1 heterocycles. The molecule has 0 saturated carbocycles. The van der Waals surface area contributed by atoms with E-state index in [-0.39, 0.29) is 5.97 Å². The van der Waals surface area contributed by atoms with Gasteiger partial charge in [0.15, 0.2) is 5.60 Å². The van der Waals surface area contributed by atoms with Crippen molar-refractivity contribution in [2.24, 2.45) is 0 Å². The second-order valence-electron chi connectivity index (χ2n) is 2.74. The van der Waals surface area contributed by atoms with Gasteiger partial charge in [-0.2, -0.15) is 0 Å². The first-order chi connectivity index (χ1) is 5.75. The maximum atomic E-state index is 11.3. The Morgan fingerprint density at radius 1 is 1.58 bits per heavy atom. The topological polar surface area (TPSA) is 44.8 Å². The van der Waals surface area contributed by atoms with Crippen molar-refractivity contribution in [3.63, 3.8) is 0 Å². The summed E-state index contributed by atoms with van der Waals surface area (Å²) < 4.78 is 15.2. The molecule has 1 atom stereocenters. The van der Waals surface area contributed by atoms with Gasteiger partial charge in [0, 0.05) is 0 Å². The van der Waals surface area contributed by atoms with Gasteiger partial charge in [-0.05, 0) is 6.42 Å². The number of methoxy groups -OCH3 is 1. The van der Waals surface area contributed by atoms with Crippen molar-refractivity contribution in [3.8, 4) is 0 Å². The maximum absolute atomic E-state index is 11.3. The summed E-state index contributed by atoms with van der Waals surface area (Å²) in [6.07, 6.45) is 0.583. The lowest BCUT2D eigenvalue weighted by atomic mass is 10.0. The van der Waals surface area contributed by atoms with Crippen LogP contribution >= 0.6 is 0 Å². The largest absolute Gasteiger partial charge is 0.467 e. The molecule has 0 spiro atoms. The summed E-state index contributed by atoms with van der Waals surface area (Å²) in [5.74, 6) is -0.343. The predicted molar refractivity (Wildman–Crippen MR) is 41.8 cm³/mol. The Kier molecular flexibility index (Phi) is 3.05. The lowest BCUT2D eigenvalue weighted by Gasteiger charge is -2.33. The van der Waals surface area contributed by atoms with Crippen LogP contribution in [0.2, 0.25) is 0 Å². The van der Waals surface area contributed by atoms with E-state index in [9.17, 15) is 4.79 Å². The molecular weight excluding hydrogens is 160 g/mol. The third kappa shape index (κ3) is 1.59. The van der Waals surface area contributed by atoms with Gasteiger partial charge in [0.25, 0.3) is 0 Å². The summed E-state index contributed by atoms with van der Waals surface area (Å²) in [5.41, 5.74) is -0.854. The smallest absolute Gasteiger partial charge is 0.340 e. The van der Waals surface area contributed by atoms with E-state index < -0.39 is 5.60 Å². The fourth-order valence-electron chi connectivity index (χ4n) is 1.23. The first kappa shape index (κ1) is 9.48. The quantitative estimate of drug-likeness (QED) is 0.567. The molecule has 0 aromatic rings. The molecular formula is C8H14O4. The molecule has 0 aromatic carbocycles. The summed E-state index contributed by atoms with van der Waals surface area (Å²) in [4.78, 5) is 11.3. The minimum atomic E-state index is -0.854.